The van der Waals surface area contributed by atoms with Crippen molar-refractivity contribution >= 4 is 43.4 Å². The van der Waals surface area contributed by atoms with Crippen LogP contribution in [0.4, 0.5) is 0 Å². The molecule has 1 aliphatic rings. The molecule has 1 saturated carbocycles. The standard InChI is InChI=1S/C22H23ClN4O3S/c1-31(29,30)10-2-9-25-18(12-15-11-16(23)3-6-19(15)25)14-26-21-13-24-8-7-20(21)27(22(26)28)17-4-5-17/h3,6-8,11-13,17H,2,4-5,9-10,14H2,1H3. The van der Waals surface area contributed by atoms with Gasteiger partial charge >= 0.3 is 5.69 Å². The van der Waals surface area contributed by atoms with E-state index < -0.39 is 9.84 Å². The van der Waals surface area contributed by atoms with E-state index in [-0.39, 0.29) is 17.5 Å². The van der Waals surface area contributed by atoms with Gasteiger partial charge in [-0.2, -0.15) is 0 Å². The molecule has 0 radical (unpaired) electrons. The molecule has 162 valence electrons. The second-order valence-corrected chi connectivity index (χ2v) is 11.0. The van der Waals surface area contributed by atoms with Gasteiger partial charge in [-0.3, -0.25) is 14.1 Å². The Bertz CT molecular complexity index is 1460. The minimum Gasteiger partial charge on any atom is -0.343 e. The number of imidazole rings is 1. The topological polar surface area (TPSA) is 78.9 Å². The molecule has 1 fully saturated rings. The molecular formula is C22H23ClN4O3S. The van der Waals surface area contributed by atoms with Crippen molar-refractivity contribution in [2.24, 2.45) is 0 Å². The largest absolute Gasteiger partial charge is 0.343 e. The van der Waals surface area contributed by atoms with Gasteiger partial charge in [0.1, 0.15) is 9.84 Å². The minimum atomic E-state index is -3.05. The summed E-state index contributed by atoms with van der Waals surface area (Å²) in [6, 6.07) is 9.86. The van der Waals surface area contributed by atoms with E-state index in [0.29, 0.717) is 24.5 Å². The highest BCUT2D eigenvalue weighted by molar-refractivity contribution is 7.90. The number of nitrogens with zero attached hydrogens (tertiary/aromatic N) is 4. The van der Waals surface area contributed by atoms with Crippen molar-refractivity contribution in [2.75, 3.05) is 12.0 Å². The molecule has 3 aromatic heterocycles. The molecule has 1 aliphatic carbocycles. The molecule has 31 heavy (non-hydrogen) atoms. The Morgan fingerprint density at radius 1 is 1.10 bits per heavy atom. The van der Waals surface area contributed by atoms with E-state index in [9.17, 15) is 13.2 Å². The zero-order valence-corrected chi connectivity index (χ0v) is 18.7. The van der Waals surface area contributed by atoms with Crippen molar-refractivity contribution in [3.8, 4) is 0 Å². The number of fused-ring (bicyclic) bond motifs is 2. The van der Waals surface area contributed by atoms with Crippen LogP contribution in [0.25, 0.3) is 21.9 Å². The number of rotatable bonds is 7. The van der Waals surface area contributed by atoms with Crippen LogP contribution in [0.3, 0.4) is 0 Å². The van der Waals surface area contributed by atoms with E-state index >= 15 is 0 Å². The quantitative estimate of drug-likeness (QED) is 0.423. The monoisotopic (exact) mass is 458 g/mol. The first kappa shape index (κ1) is 20.3. The number of hydrogen-bond acceptors (Lipinski definition) is 4. The average Bonchev–Trinajstić information content (AvgIpc) is 3.43. The lowest BCUT2D eigenvalue weighted by Crippen LogP contribution is -2.25. The second kappa shape index (κ2) is 7.53. The van der Waals surface area contributed by atoms with Crippen molar-refractivity contribution in [3.05, 3.63) is 63.9 Å². The maximum atomic E-state index is 13.3. The van der Waals surface area contributed by atoms with Gasteiger partial charge in [-0.05, 0) is 49.6 Å². The Labute approximate surface area is 184 Å². The summed E-state index contributed by atoms with van der Waals surface area (Å²) in [4.78, 5) is 17.5. The molecular weight excluding hydrogens is 436 g/mol. The van der Waals surface area contributed by atoms with E-state index in [1.807, 2.05) is 34.9 Å². The molecule has 7 nitrogen and oxygen atoms in total. The molecule has 0 saturated heterocycles. The molecule has 0 aliphatic heterocycles. The van der Waals surface area contributed by atoms with Gasteiger partial charge in [-0.25, -0.2) is 13.2 Å². The van der Waals surface area contributed by atoms with Crippen LogP contribution in [-0.4, -0.2) is 39.1 Å². The molecule has 4 aromatic rings. The molecule has 0 amide bonds. The van der Waals surface area contributed by atoms with E-state index in [1.165, 1.54) is 6.26 Å². The lowest BCUT2D eigenvalue weighted by atomic mass is 10.2. The Morgan fingerprint density at radius 2 is 1.90 bits per heavy atom. The number of halogens is 1. The number of benzene rings is 1. The summed E-state index contributed by atoms with van der Waals surface area (Å²) in [5, 5.41) is 1.61. The van der Waals surface area contributed by atoms with Gasteiger partial charge < -0.3 is 4.57 Å². The summed E-state index contributed by atoms with van der Waals surface area (Å²) in [6.07, 6.45) is 7.24. The van der Waals surface area contributed by atoms with Crippen molar-refractivity contribution in [1.82, 2.24) is 18.7 Å². The van der Waals surface area contributed by atoms with E-state index in [0.717, 1.165) is 40.5 Å². The molecule has 9 heteroatoms. The van der Waals surface area contributed by atoms with Crippen LogP contribution in [0.2, 0.25) is 5.02 Å². The fourth-order valence-corrected chi connectivity index (χ4v) is 5.14. The third-order valence-electron chi connectivity index (χ3n) is 5.84. The Balaban J connectivity index is 1.60. The SMILES string of the molecule is CS(=O)(=O)CCCn1c(Cn2c(=O)n(C3CC3)c3ccncc32)cc2cc(Cl)ccc21. The third kappa shape index (κ3) is 3.90. The predicted molar refractivity (Wildman–Crippen MR) is 123 cm³/mol. The fourth-order valence-electron chi connectivity index (χ4n) is 4.31. The summed E-state index contributed by atoms with van der Waals surface area (Å²) in [5.74, 6) is 0.116. The Morgan fingerprint density at radius 3 is 2.65 bits per heavy atom. The maximum Gasteiger partial charge on any atom is 0.329 e. The van der Waals surface area contributed by atoms with Crippen LogP contribution in [0.1, 0.15) is 31.0 Å². The lowest BCUT2D eigenvalue weighted by molar-refractivity contribution is 0.587. The van der Waals surface area contributed by atoms with Crippen molar-refractivity contribution in [1.29, 1.82) is 0 Å². The number of aryl methyl sites for hydroxylation is 1. The molecule has 0 spiro atoms. The molecule has 0 N–H and O–H groups in total. The summed E-state index contributed by atoms with van der Waals surface area (Å²) in [6.45, 7) is 0.924. The second-order valence-electron chi connectivity index (χ2n) is 8.31. The fraction of sp³-hybridized carbons (Fsp3) is 0.364. The Kier molecular flexibility index (Phi) is 4.94. The molecule has 5 rings (SSSR count). The molecule has 3 heterocycles. The highest BCUT2D eigenvalue weighted by atomic mass is 35.5. The van der Waals surface area contributed by atoms with Crippen LogP contribution >= 0.6 is 11.6 Å². The number of hydrogen-bond donors (Lipinski definition) is 0. The number of aromatic nitrogens is 4. The Hall–Kier alpha value is -2.58. The van der Waals surface area contributed by atoms with Gasteiger partial charge in [0.2, 0.25) is 0 Å². The van der Waals surface area contributed by atoms with Gasteiger partial charge in [0.15, 0.2) is 0 Å². The van der Waals surface area contributed by atoms with Crippen LogP contribution in [-0.2, 0) is 22.9 Å². The molecule has 0 bridgehead atoms. The molecule has 0 atom stereocenters. The first-order valence-electron chi connectivity index (χ1n) is 10.3. The minimum absolute atomic E-state index is 0.0310. The van der Waals surface area contributed by atoms with Gasteiger partial charge in [-0.15, -0.1) is 0 Å². The average molecular weight is 459 g/mol. The van der Waals surface area contributed by atoms with Crippen molar-refractivity contribution in [2.45, 2.75) is 38.4 Å². The number of sulfone groups is 1. The van der Waals surface area contributed by atoms with Gasteiger partial charge in [0.25, 0.3) is 0 Å². The van der Waals surface area contributed by atoms with Crippen LogP contribution in [0, 0.1) is 0 Å². The maximum absolute atomic E-state index is 13.3. The highest BCUT2D eigenvalue weighted by Gasteiger charge is 2.29. The normalized spacial score (nSPS) is 14.6. The molecule has 0 unspecified atom stereocenters. The van der Waals surface area contributed by atoms with E-state index in [4.69, 9.17) is 11.6 Å². The summed E-state index contributed by atoms with van der Waals surface area (Å²) in [7, 11) is -3.05. The van der Waals surface area contributed by atoms with Gasteiger partial charge in [0, 0.05) is 46.7 Å². The van der Waals surface area contributed by atoms with Crippen molar-refractivity contribution in [3.63, 3.8) is 0 Å². The zero-order chi connectivity index (χ0) is 21.8. The molecule has 1 aromatic carbocycles. The summed E-state index contributed by atoms with van der Waals surface area (Å²) < 4.78 is 29.0. The van der Waals surface area contributed by atoms with Crippen LogP contribution in [0.15, 0.2) is 47.5 Å². The third-order valence-corrected chi connectivity index (χ3v) is 7.11. The summed E-state index contributed by atoms with van der Waals surface area (Å²) in [5.41, 5.74) is 3.60. The van der Waals surface area contributed by atoms with Gasteiger partial charge in [-0.1, -0.05) is 11.6 Å². The number of pyridine rings is 1. The highest BCUT2D eigenvalue weighted by Crippen LogP contribution is 2.36. The van der Waals surface area contributed by atoms with E-state index in [2.05, 4.69) is 9.55 Å². The first-order chi connectivity index (χ1) is 14.8. The predicted octanol–water partition coefficient (Wildman–Crippen LogP) is 3.62. The van der Waals surface area contributed by atoms with Crippen LogP contribution < -0.4 is 5.69 Å². The summed E-state index contributed by atoms with van der Waals surface area (Å²) >= 11 is 6.20. The van der Waals surface area contributed by atoms with Gasteiger partial charge in [0.05, 0.1) is 29.5 Å². The van der Waals surface area contributed by atoms with E-state index in [1.54, 1.807) is 17.0 Å². The lowest BCUT2D eigenvalue weighted by Gasteiger charge is -2.11. The smallest absolute Gasteiger partial charge is 0.329 e. The van der Waals surface area contributed by atoms with Crippen LogP contribution in [0.5, 0.6) is 0 Å². The van der Waals surface area contributed by atoms with Crippen molar-refractivity contribution < 1.29 is 8.42 Å². The zero-order valence-electron chi connectivity index (χ0n) is 17.2. The first-order valence-corrected chi connectivity index (χ1v) is 12.8.